The van der Waals surface area contributed by atoms with Gasteiger partial charge >= 0.3 is 0 Å². The molecule has 0 aliphatic carbocycles. The largest absolute Gasteiger partial charge is 0.351 e. The van der Waals surface area contributed by atoms with Gasteiger partial charge in [0.1, 0.15) is 0 Å². The summed E-state index contributed by atoms with van der Waals surface area (Å²) in [4.78, 5) is 14.4. The molecule has 0 radical (unpaired) electrons. The molecule has 1 aliphatic heterocycles. The second kappa shape index (κ2) is 6.70. The van der Waals surface area contributed by atoms with Crippen molar-refractivity contribution < 1.29 is 24.8 Å². The molecule has 1 heterocycles. The Morgan fingerprint density at radius 2 is 2.18 bits per heavy atom. The van der Waals surface area contributed by atoms with Gasteiger partial charge in [0.05, 0.1) is 0 Å². The number of hydrogen-bond acceptors (Lipinski definition) is 4. The normalized spacial score (nSPS) is 17.9. The zero-order valence-corrected chi connectivity index (χ0v) is 12.9. The highest BCUT2D eigenvalue weighted by atomic mass is 19.1. The first-order valence-electron chi connectivity index (χ1n) is 7.39. The minimum Gasteiger partial charge on any atom is -0.351 e. The van der Waals surface area contributed by atoms with Gasteiger partial charge in [0.15, 0.2) is 5.82 Å². The quantitative estimate of drug-likeness (QED) is 0.605. The van der Waals surface area contributed by atoms with Crippen LogP contribution in [0.3, 0.4) is 0 Å². The molecule has 1 saturated heterocycles. The number of nitrogens with zero attached hydrogens (tertiary/aromatic N) is 1. The molecule has 1 aromatic rings. The van der Waals surface area contributed by atoms with Crippen molar-refractivity contribution in [1.82, 2.24) is 10.2 Å². The summed E-state index contributed by atoms with van der Waals surface area (Å²) in [6.45, 7) is 6.65. The molecule has 0 aromatic heterocycles. The van der Waals surface area contributed by atoms with E-state index < -0.39 is 11.0 Å². The van der Waals surface area contributed by atoms with Crippen LogP contribution in [0.1, 0.15) is 37.0 Å². The average Bonchev–Trinajstić information content (AvgIpc) is 2.78. The molecule has 2 rings (SSSR count). The predicted octanol–water partition coefficient (Wildman–Crippen LogP) is 0.725. The molecule has 6 nitrogen and oxygen atoms in total. The summed E-state index contributed by atoms with van der Waals surface area (Å²) in [6, 6.07) is 3.48. The Bertz CT molecular complexity index is 549. The van der Waals surface area contributed by atoms with Gasteiger partial charge in [0, 0.05) is 30.3 Å². The third-order valence-electron chi connectivity index (χ3n) is 4.21. The Balaban J connectivity index is 1.91. The molecular formula is C15H23FN3O3+. The fourth-order valence-electron chi connectivity index (χ4n) is 2.82. The molecule has 0 spiro atoms. The second-order valence-electron chi connectivity index (χ2n) is 6.18. The Labute approximate surface area is 129 Å². The van der Waals surface area contributed by atoms with Gasteiger partial charge in [-0.05, 0) is 50.6 Å². The van der Waals surface area contributed by atoms with Crippen LogP contribution in [0.2, 0.25) is 0 Å². The molecule has 0 saturated carbocycles. The van der Waals surface area contributed by atoms with Crippen LogP contribution in [-0.4, -0.2) is 46.4 Å². The lowest BCUT2D eigenvalue weighted by molar-refractivity contribution is -1.19. The Morgan fingerprint density at radius 1 is 1.45 bits per heavy atom. The van der Waals surface area contributed by atoms with Crippen LogP contribution in [0.4, 0.5) is 10.1 Å². The number of carbonyl (C=O) groups excluding carboxylic acids is 1. The summed E-state index contributed by atoms with van der Waals surface area (Å²) in [6.07, 6.45) is 2.31. The maximum Gasteiger partial charge on any atom is 0.251 e. The molecule has 1 aromatic carbocycles. The second-order valence-corrected chi connectivity index (χ2v) is 6.18. The van der Waals surface area contributed by atoms with Gasteiger partial charge in [-0.25, -0.2) is 4.39 Å². The SMILES string of the molecule is CC1(C)CCCN1CCNC(=O)c1ccc(F)c([NH+](O)O)c1. The first-order chi connectivity index (χ1) is 10.3. The van der Waals surface area contributed by atoms with Gasteiger partial charge < -0.3 is 5.32 Å². The van der Waals surface area contributed by atoms with Gasteiger partial charge in [-0.3, -0.25) is 9.69 Å². The number of amides is 1. The van der Waals surface area contributed by atoms with E-state index in [2.05, 4.69) is 24.1 Å². The molecule has 122 valence electrons. The number of likely N-dealkylation sites (tertiary alicyclic amines) is 1. The van der Waals surface area contributed by atoms with Gasteiger partial charge in [-0.15, -0.1) is 0 Å². The number of quaternary nitrogens is 1. The van der Waals surface area contributed by atoms with Crippen LogP contribution in [-0.2, 0) is 0 Å². The average molecular weight is 312 g/mol. The van der Waals surface area contributed by atoms with E-state index in [4.69, 9.17) is 10.4 Å². The standard InChI is InChI=1S/C15H22FN3O3/c1-15(2)6-3-8-18(15)9-7-17-14(20)11-4-5-12(16)13(10-11)19(21)22/h4-5,10,21-22H,3,6-9H2,1-2H3,(H,17,20)/p+1. The summed E-state index contributed by atoms with van der Waals surface area (Å²) < 4.78 is 13.3. The van der Waals surface area contributed by atoms with Crippen molar-refractivity contribution in [2.24, 2.45) is 0 Å². The predicted molar refractivity (Wildman–Crippen MR) is 77.8 cm³/mol. The number of halogens is 1. The van der Waals surface area contributed by atoms with E-state index in [1.54, 1.807) is 0 Å². The van der Waals surface area contributed by atoms with Gasteiger partial charge in [0.25, 0.3) is 5.91 Å². The minimum absolute atomic E-state index is 0.158. The van der Waals surface area contributed by atoms with Gasteiger partial charge in [-0.1, -0.05) is 0 Å². The van der Waals surface area contributed by atoms with Crippen molar-refractivity contribution >= 4 is 11.6 Å². The first-order valence-corrected chi connectivity index (χ1v) is 7.39. The van der Waals surface area contributed by atoms with Crippen molar-refractivity contribution in [3.05, 3.63) is 29.6 Å². The third kappa shape index (κ3) is 3.80. The molecule has 0 atom stereocenters. The van der Waals surface area contributed by atoms with Crippen molar-refractivity contribution in [2.75, 3.05) is 19.6 Å². The molecule has 7 heteroatoms. The number of hydrogen-bond donors (Lipinski definition) is 4. The fourth-order valence-corrected chi connectivity index (χ4v) is 2.82. The van der Waals surface area contributed by atoms with Crippen LogP contribution in [0, 0.1) is 5.82 Å². The molecule has 1 amide bonds. The number of carbonyl (C=O) groups is 1. The fraction of sp³-hybridized carbons (Fsp3) is 0.533. The summed E-state index contributed by atoms with van der Waals surface area (Å²) in [5, 5.41) is 19.6. The molecule has 0 unspecified atom stereocenters. The van der Waals surface area contributed by atoms with Crippen LogP contribution in [0.15, 0.2) is 18.2 Å². The lowest BCUT2D eigenvalue weighted by Gasteiger charge is -2.31. The topological polar surface area (TPSA) is 77.2 Å². The van der Waals surface area contributed by atoms with E-state index in [1.807, 2.05) is 0 Å². The highest BCUT2D eigenvalue weighted by Gasteiger charge is 2.31. The van der Waals surface area contributed by atoms with Crippen molar-refractivity contribution in [2.45, 2.75) is 32.2 Å². The number of benzene rings is 1. The summed E-state index contributed by atoms with van der Waals surface area (Å²) >= 11 is 0. The van der Waals surface area contributed by atoms with Gasteiger partial charge in [-0.2, -0.15) is 10.4 Å². The van der Waals surface area contributed by atoms with E-state index in [1.165, 1.54) is 6.07 Å². The van der Waals surface area contributed by atoms with E-state index in [9.17, 15) is 9.18 Å². The Morgan fingerprint density at radius 3 is 2.77 bits per heavy atom. The van der Waals surface area contributed by atoms with Gasteiger partial charge in [0.2, 0.25) is 5.69 Å². The zero-order valence-electron chi connectivity index (χ0n) is 12.9. The highest BCUT2D eigenvalue weighted by Crippen LogP contribution is 2.27. The number of rotatable bonds is 5. The Hall–Kier alpha value is -1.54. The molecular weight excluding hydrogens is 289 g/mol. The first kappa shape index (κ1) is 16.8. The highest BCUT2D eigenvalue weighted by molar-refractivity contribution is 5.94. The van der Waals surface area contributed by atoms with E-state index in [0.29, 0.717) is 6.54 Å². The zero-order chi connectivity index (χ0) is 16.3. The maximum absolute atomic E-state index is 13.3. The summed E-state index contributed by atoms with van der Waals surface area (Å²) in [7, 11) is 0. The molecule has 4 N–H and O–H groups in total. The van der Waals surface area contributed by atoms with E-state index in [0.717, 1.165) is 38.1 Å². The monoisotopic (exact) mass is 312 g/mol. The molecule has 22 heavy (non-hydrogen) atoms. The summed E-state index contributed by atoms with van der Waals surface area (Å²) in [5.74, 6) is -1.14. The third-order valence-corrected chi connectivity index (χ3v) is 4.21. The van der Waals surface area contributed by atoms with Crippen LogP contribution in [0.5, 0.6) is 0 Å². The van der Waals surface area contributed by atoms with Crippen LogP contribution >= 0.6 is 0 Å². The lowest BCUT2D eigenvalue weighted by Crippen LogP contribution is -3.02. The Kier molecular flexibility index (Phi) is 5.12. The van der Waals surface area contributed by atoms with Crippen molar-refractivity contribution in [3.8, 4) is 0 Å². The summed E-state index contributed by atoms with van der Waals surface area (Å²) in [5.41, 5.74) is -0.0307. The molecule has 0 bridgehead atoms. The molecule has 1 aliphatic rings. The van der Waals surface area contributed by atoms with Crippen LogP contribution < -0.4 is 10.5 Å². The minimum atomic E-state index is -1.13. The van der Waals surface area contributed by atoms with E-state index >= 15 is 0 Å². The molecule has 1 fully saturated rings. The van der Waals surface area contributed by atoms with Crippen LogP contribution in [0.25, 0.3) is 0 Å². The van der Waals surface area contributed by atoms with Crippen molar-refractivity contribution in [3.63, 3.8) is 0 Å². The maximum atomic E-state index is 13.3. The lowest BCUT2D eigenvalue weighted by atomic mass is 10.0. The number of nitrogens with one attached hydrogen (secondary N) is 2. The van der Waals surface area contributed by atoms with Crippen molar-refractivity contribution in [1.29, 1.82) is 0 Å². The van der Waals surface area contributed by atoms with E-state index in [-0.39, 0.29) is 22.7 Å². The smallest absolute Gasteiger partial charge is 0.251 e.